The van der Waals surface area contributed by atoms with Gasteiger partial charge in [0.15, 0.2) is 0 Å². The van der Waals surface area contributed by atoms with Crippen LogP contribution < -0.4 is 10.2 Å². The Balaban J connectivity index is 2.31. The maximum atomic E-state index is 5.63. The predicted octanol–water partition coefficient (Wildman–Crippen LogP) is 2.64. The Bertz CT molecular complexity index is 478. The highest BCUT2D eigenvalue weighted by Gasteiger charge is 2.28. The highest BCUT2D eigenvalue weighted by molar-refractivity contribution is 5.59. The molecule has 1 aliphatic heterocycles. The van der Waals surface area contributed by atoms with E-state index in [0.717, 1.165) is 55.5 Å². The number of nitrogens with zero attached hydrogens (tertiary/aromatic N) is 3. The zero-order valence-electron chi connectivity index (χ0n) is 13.9. The first-order chi connectivity index (χ1) is 10.1. The molecule has 1 aromatic rings. The van der Waals surface area contributed by atoms with E-state index < -0.39 is 0 Å². The average Bonchev–Trinajstić information content (AvgIpc) is 2.50. The van der Waals surface area contributed by atoms with Crippen LogP contribution in [0.25, 0.3) is 0 Å². The lowest BCUT2D eigenvalue weighted by atomic mass is 9.95. The third kappa shape index (κ3) is 3.46. The Morgan fingerprint density at radius 1 is 1.33 bits per heavy atom. The highest BCUT2D eigenvalue weighted by Crippen LogP contribution is 2.28. The molecular weight excluding hydrogens is 264 g/mol. The van der Waals surface area contributed by atoms with Crippen LogP contribution in [0.4, 0.5) is 11.6 Å². The van der Waals surface area contributed by atoms with Crippen molar-refractivity contribution in [2.24, 2.45) is 5.92 Å². The SMILES string of the molecule is CCNc1nc(CC)nc(N2CCC(C)C(OC)C2)c1C. The van der Waals surface area contributed by atoms with Crippen molar-refractivity contribution in [1.82, 2.24) is 9.97 Å². The van der Waals surface area contributed by atoms with Crippen molar-refractivity contribution >= 4 is 11.6 Å². The zero-order valence-corrected chi connectivity index (χ0v) is 13.9. The quantitative estimate of drug-likeness (QED) is 0.904. The number of nitrogens with one attached hydrogen (secondary N) is 1. The first kappa shape index (κ1) is 16.0. The molecule has 1 fully saturated rings. The van der Waals surface area contributed by atoms with Crippen molar-refractivity contribution in [2.45, 2.75) is 46.6 Å². The molecule has 0 radical (unpaired) electrons. The average molecular weight is 292 g/mol. The first-order valence-corrected chi connectivity index (χ1v) is 7.99. The number of aromatic nitrogens is 2. The van der Waals surface area contributed by atoms with Crippen LogP contribution in [0, 0.1) is 12.8 Å². The summed E-state index contributed by atoms with van der Waals surface area (Å²) in [5.74, 6) is 3.53. The molecule has 1 aliphatic rings. The predicted molar refractivity (Wildman–Crippen MR) is 87.1 cm³/mol. The molecule has 118 valence electrons. The molecule has 0 saturated carbocycles. The van der Waals surface area contributed by atoms with Gasteiger partial charge in [-0.2, -0.15) is 0 Å². The van der Waals surface area contributed by atoms with Crippen LogP contribution in [0.15, 0.2) is 0 Å². The van der Waals surface area contributed by atoms with Crippen molar-refractivity contribution in [3.05, 3.63) is 11.4 Å². The van der Waals surface area contributed by atoms with Crippen molar-refractivity contribution in [3.63, 3.8) is 0 Å². The largest absolute Gasteiger partial charge is 0.379 e. The standard InChI is InChI=1S/C16H28N4O/c1-6-14-18-15(17-7-2)12(4)16(19-14)20-9-8-11(3)13(10-20)21-5/h11,13H,6-10H2,1-5H3,(H,17,18,19). The molecular formula is C16H28N4O. The Hall–Kier alpha value is -1.36. The molecule has 1 saturated heterocycles. The molecule has 2 rings (SSSR count). The second kappa shape index (κ2) is 7.07. The highest BCUT2D eigenvalue weighted by atomic mass is 16.5. The van der Waals surface area contributed by atoms with Crippen LogP contribution in [-0.2, 0) is 11.2 Å². The van der Waals surface area contributed by atoms with E-state index in [4.69, 9.17) is 9.72 Å². The van der Waals surface area contributed by atoms with Crippen LogP contribution in [0.5, 0.6) is 0 Å². The molecule has 2 unspecified atom stereocenters. The molecule has 0 bridgehead atoms. The van der Waals surface area contributed by atoms with Gasteiger partial charge in [-0.15, -0.1) is 0 Å². The molecule has 0 spiro atoms. The molecule has 2 heterocycles. The van der Waals surface area contributed by atoms with Gasteiger partial charge in [0.05, 0.1) is 6.10 Å². The Morgan fingerprint density at radius 2 is 2.10 bits per heavy atom. The minimum atomic E-state index is 0.278. The number of ether oxygens (including phenoxy) is 1. The fourth-order valence-corrected chi connectivity index (χ4v) is 2.89. The van der Waals surface area contributed by atoms with Gasteiger partial charge in [0.1, 0.15) is 17.5 Å². The molecule has 5 heteroatoms. The van der Waals surface area contributed by atoms with Crippen molar-refractivity contribution in [3.8, 4) is 0 Å². The molecule has 5 nitrogen and oxygen atoms in total. The van der Waals surface area contributed by atoms with Crippen molar-refractivity contribution in [1.29, 1.82) is 0 Å². The normalized spacial score (nSPS) is 22.4. The minimum Gasteiger partial charge on any atom is -0.379 e. The van der Waals surface area contributed by atoms with Gasteiger partial charge in [0.25, 0.3) is 0 Å². The minimum absolute atomic E-state index is 0.278. The lowest BCUT2D eigenvalue weighted by Crippen LogP contribution is -2.44. The number of methoxy groups -OCH3 is 1. The molecule has 2 atom stereocenters. The van der Waals surface area contributed by atoms with Gasteiger partial charge in [0, 0.05) is 38.7 Å². The monoisotopic (exact) mass is 292 g/mol. The van der Waals surface area contributed by atoms with Gasteiger partial charge in [-0.3, -0.25) is 0 Å². The third-order valence-electron chi connectivity index (χ3n) is 4.32. The van der Waals surface area contributed by atoms with Gasteiger partial charge >= 0.3 is 0 Å². The van der Waals surface area contributed by atoms with Gasteiger partial charge in [-0.1, -0.05) is 13.8 Å². The summed E-state index contributed by atoms with van der Waals surface area (Å²) >= 11 is 0. The Kier molecular flexibility index (Phi) is 5.39. The second-order valence-corrected chi connectivity index (χ2v) is 5.81. The number of hydrogen-bond acceptors (Lipinski definition) is 5. The fraction of sp³-hybridized carbons (Fsp3) is 0.750. The lowest BCUT2D eigenvalue weighted by molar-refractivity contribution is 0.0496. The second-order valence-electron chi connectivity index (χ2n) is 5.81. The molecule has 1 aromatic heterocycles. The smallest absolute Gasteiger partial charge is 0.137 e. The molecule has 21 heavy (non-hydrogen) atoms. The molecule has 0 aromatic carbocycles. The summed E-state index contributed by atoms with van der Waals surface area (Å²) in [5.41, 5.74) is 1.14. The summed E-state index contributed by atoms with van der Waals surface area (Å²) in [6.45, 7) is 11.4. The van der Waals surface area contributed by atoms with Gasteiger partial charge in [0.2, 0.25) is 0 Å². The van der Waals surface area contributed by atoms with E-state index in [1.165, 1.54) is 0 Å². The van der Waals surface area contributed by atoms with E-state index in [9.17, 15) is 0 Å². The van der Waals surface area contributed by atoms with Crippen LogP contribution in [-0.4, -0.2) is 42.8 Å². The maximum absolute atomic E-state index is 5.63. The van der Waals surface area contributed by atoms with Crippen LogP contribution in [0.1, 0.15) is 38.6 Å². The molecule has 0 amide bonds. The molecule has 1 N–H and O–H groups in total. The third-order valence-corrected chi connectivity index (χ3v) is 4.32. The van der Waals surface area contributed by atoms with E-state index in [2.05, 4.69) is 42.9 Å². The van der Waals surface area contributed by atoms with Crippen LogP contribution >= 0.6 is 0 Å². The summed E-state index contributed by atoms with van der Waals surface area (Å²) in [6.07, 6.45) is 2.27. The van der Waals surface area contributed by atoms with E-state index >= 15 is 0 Å². The van der Waals surface area contributed by atoms with Crippen molar-refractivity contribution < 1.29 is 4.74 Å². The van der Waals surface area contributed by atoms with Gasteiger partial charge in [-0.25, -0.2) is 9.97 Å². The lowest BCUT2D eigenvalue weighted by Gasteiger charge is -2.37. The van der Waals surface area contributed by atoms with E-state index in [1.54, 1.807) is 7.11 Å². The maximum Gasteiger partial charge on any atom is 0.137 e. The summed E-state index contributed by atoms with van der Waals surface area (Å²) in [5, 5.41) is 3.35. The van der Waals surface area contributed by atoms with Crippen molar-refractivity contribution in [2.75, 3.05) is 37.0 Å². The van der Waals surface area contributed by atoms with E-state index in [0.29, 0.717) is 5.92 Å². The number of hydrogen-bond donors (Lipinski definition) is 1. The Morgan fingerprint density at radius 3 is 2.71 bits per heavy atom. The number of rotatable bonds is 5. The summed E-state index contributed by atoms with van der Waals surface area (Å²) < 4.78 is 5.63. The summed E-state index contributed by atoms with van der Waals surface area (Å²) in [7, 11) is 1.80. The van der Waals surface area contributed by atoms with E-state index in [1.807, 2.05) is 0 Å². The number of piperidine rings is 1. The summed E-state index contributed by atoms with van der Waals surface area (Å²) in [6, 6.07) is 0. The first-order valence-electron chi connectivity index (χ1n) is 7.99. The zero-order chi connectivity index (χ0) is 15.4. The summed E-state index contributed by atoms with van der Waals surface area (Å²) in [4.78, 5) is 11.7. The van der Waals surface area contributed by atoms with E-state index in [-0.39, 0.29) is 6.10 Å². The number of anilines is 2. The number of aryl methyl sites for hydroxylation is 1. The van der Waals surface area contributed by atoms with Crippen LogP contribution in [0.2, 0.25) is 0 Å². The topological polar surface area (TPSA) is 50.3 Å². The van der Waals surface area contributed by atoms with Crippen LogP contribution in [0.3, 0.4) is 0 Å². The van der Waals surface area contributed by atoms with Gasteiger partial charge < -0.3 is 15.0 Å². The van der Waals surface area contributed by atoms with Gasteiger partial charge in [-0.05, 0) is 26.2 Å². The fourth-order valence-electron chi connectivity index (χ4n) is 2.89. The Labute approximate surface area is 128 Å². The molecule has 0 aliphatic carbocycles.